The maximum Gasteiger partial charge on any atom is 0.234 e. The van der Waals surface area contributed by atoms with Crippen LogP contribution in [0, 0.1) is 5.92 Å². The molecule has 0 radical (unpaired) electrons. The predicted octanol–water partition coefficient (Wildman–Crippen LogP) is 0.995. The van der Waals surface area contributed by atoms with Crippen LogP contribution in [-0.2, 0) is 4.79 Å². The first-order chi connectivity index (χ1) is 8.13. The third-order valence-electron chi connectivity index (χ3n) is 3.25. The minimum Gasteiger partial charge on any atom is -0.396 e. The average Bonchev–Trinajstić information content (AvgIpc) is 2.71. The van der Waals surface area contributed by atoms with E-state index in [4.69, 9.17) is 5.11 Å². The van der Waals surface area contributed by atoms with Crippen LogP contribution in [0.4, 0.5) is 0 Å². The lowest BCUT2D eigenvalue weighted by atomic mass is 10.1. The Hall–Kier alpha value is -0.610. The molecule has 0 spiro atoms. The summed E-state index contributed by atoms with van der Waals surface area (Å²) < 4.78 is 0. The van der Waals surface area contributed by atoms with Crippen molar-refractivity contribution in [1.29, 1.82) is 0 Å². The monoisotopic (exact) mass is 242 g/mol. The smallest absolute Gasteiger partial charge is 0.234 e. The predicted molar refractivity (Wildman–Crippen MR) is 68.8 cm³/mol. The molecule has 100 valence electrons. The van der Waals surface area contributed by atoms with Crippen molar-refractivity contribution in [3.63, 3.8) is 0 Å². The third kappa shape index (κ3) is 5.50. The van der Waals surface area contributed by atoms with Gasteiger partial charge in [0.25, 0.3) is 0 Å². The second-order valence-electron chi connectivity index (χ2n) is 5.33. The van der Waals surface area contributed by atoms with Crippen LogP contribution in [0.3, 0.4) is 0 Å². The summed E-state index contributed by atoms with van der Waals surface area (Å²) in [6.07, 6.45) is 4.19. The number of carbonyl (C=O) groups is 1. The Kier molecular flexibility index (Phi) is 6.52. The molecule has 4 heteroatoms. The average molecular weight is 242 g/mol. The largest absolute Gasteiger partial charge is 0.396 e. The van der Waals surface area contributed by atoms with E-state index in [0.29, 0.717) is 18.5 Å². The van der Waals surface area contributed by atoms with Gasteiger partial charge in [0.15, 0.2) is 0 Å². The second kappa shape index (κ2) is 7.67. The molecule has 1 amide bonds. The van der Waals surface area contributed by atoms with Gasteiger partial charge in [-0.25, -0.2) is 0 Å². The highest BCUT2D eigenvalue weighted by Crippen LogP contribution is 2.20. The molecular weight excluding hydrogens is 216 g/mol. The van der Waals surface area contributed by atoms with Gasteiger partial charge >= 0.3 is 0 Å². The minimum atomic E-state index is 0.134. The lowest BCUT2D eigenvalue weighted by Crippen LogP contribution is -2.40. The Balaban J connectivity index is 2.26. The first-order valence-corrected chi connectivity index (χ1v) is 6.75. The van der Waals surface area contributed by atoms with Crippen LogP contribution in [0.15, 0.2) is 0 Å². The standard InChI is InChI=1S/C13H26N2O2/c1-11(2)9-14-13(17)10-15-7-3-5-12(15)6-4-8-16/h11-12,16H,3-10H2,1-2H3,(H,14,17). The molecule has 1 saturated heterocycles. The molecule has 0 saturated carbocycles. The fourth-order valence-corrected chi connectivity index (χ4v) is 2.32. The number of carbonyl (C=O) groups excluding carboxylic acids is 1. The third-order valence-corrected chi connectivity index (χ3v) is 3.25. The molecular formula is C13H26N2O2. The number of hydrogen-bond donors (Lipinski definition) is 2. The highest BCUT2D eigenvalue weighted by Gasteiger charge is 2.25. The van der Waals surface area contributed by atoms with E-state index in [0.717, 1.165) is 32.4 Å². The van der Waals surface area contributed by atoms with E-state index in [-0.39, 0.29) is 12.5 Å². The quantitative estimate of drug-likeness (QED) is 0.700. The van der Waals surface area contributed by atoms with Crippen molar-refractivity contribution in [3.05, 3.63) is 0 Å². The molecule has 4 nitrogen and oxygen atoms in total. The fourth-order valence-electron chi connectivity index (χ4n) is 2.32. The Morgan fingerprint density at radius 2 is 2.29 bits per heavy atom. The van der Waals surface area contributed by atoms with Gasteiger partial charge in [-0.1, -0.05) is 13.8 Å². The summed E-state index contributed by atoms with van der Waals surface area (Å²) in [5.74, 6) is 0.636. The summed E-state index contributed by atoms with van der Waals surface area (Å²) in [7, 11) is 0. The summed E-state index contributed by atoms with van der Waals surface area (Å²) in [4.78, 5) is 14.0. The van der Waals surface area contributed by atoms with Crippen molar-refractivity contribution < 1.29 is 9.90 Å². The van der Waals surface area contributed by atoms with E-state index < -0.39 is 0 Å². The van der Waals surface area contributed by atoms with Gasteiger partial charge in [-0.2, -0.15) is 0 Å². The number of likely N-dealkylation sites (tertiary alicyclic amines) is 1. The van der Waals surface area contributed by atoms with Gasteiger partial charge in [0.2, 0.25) is 5.91 Å². The van der Waals surface area contributed by atoms with Gasteiger partial charge in [-0.05, 0) is 38.1 Å². The molecule has 2 N–H and O–H groups in total. The van der Waals surface area contributed by atoms with Crippen molar-refractivity contribution in [2.45, 2.75) is 45.6 Å². The normalized spacial score (nSPS) is 21.1. The van der Waals surface area contributed by atoms with Crippen LogP contribution in [0.5, 0.6) is 0 Å². The fraction of sp³-hybridized carbons (Fsp3) is 0.923. The number of nitrogens with zero attached hydrogens (tertiary/aromatic N) is 1. The number of nitrogens with one attached hydrogen (secondary N) is 1. The van der Waals surface area contributed by atoms with E-state index in [1.807, 2.05) is 0 Å². The molecule has 1 fully saturated rings. The van der Waals surface area contributed by atoms with Crippen molar-refractivity contribution in [1.82, 2.24) is 10.2 Å². The lowest BCUT2D eigenvalue weighted by molar-refractivity contribution is -0.122. The number of aliphatic hydroxyl groups is 1. The van der Waals surface area contributed by atoms with E-state index in [2.05, 4.69) is 24.1 Å². The molecule has 0 aromatic carbocycles. The summed E-state index contributed by atoms with van der Waals surface area (Å²) in [5, 5.41) is 11.8. The summed E-state index contributed by atoms with van der Waals surface area (Å²) in [6.45, 7) is 6.74. The Morgan fingerprint density at radius 1 is 1.53 bits per heavy atom. The molecule has 1 atom stereocenters. The van der Waals surface area contributed by atoms with Crippen molar-refractivity contribution in [2.75, 3.05) is 26.2 Å². The zero-order valence-corrected chi connectivity index (χ0v) is 11.1. The maximum absolute atomic E-state index is 11.7. The van der Waals surface area contributed by atoms with Gasteiger partial charge in [-0.3, -0.25) is 9.69 Å². The number of aliphatic hydroxyl groups excluding tert-OH is 1. The molecule has 1 aliphatic rings. The Morgan fingerprint density at radius 3 is 2.94 bits per heavy atom. The molecule has 1 aliphatic heterocycles. The molecule has 1 unspecified atom stereocenters. The van der Waals surface area contributed by atoms with E-state index in [1.54, 1.807) is 0 Å². The van der Waals surface area contributed by atoms with Gasteiger partial charge in [0.1, 0.15) is 0 Å². The van der Waals surface area contributed by atoms with Crippen LogP contribution in [0.2, 0.25) is 0 Å². The highest BCUT2D eigenvalue weighted by molar-refractivity contribution is 5.78. The zero-order chi connectivity index (χ0) is 12.7. The van der Waals surface area contributed by atoms with Crippen LogP contribution < -0.4 is 5.32 Å². The first-order valence-electron chi connectivity index (χ1n) is 6.75. The highest BCUT2D eigenvalue weighted by atomic mass is 16.2. The van der Waals surface area contributed by atoms with Crippen LogP contribution >= 0.6 is 0 Å². The van der Waals surface area contributed by atoms with E-state index >= 15 is 0 Å². The second-order valence-corrected chi connectivity index (χ2v) is 5.33. The van der Waals surface area contributed by atoms with Crippen molar-refractivity contribution >= 4 is 5.91 Å². The van der Waals surface area contributed by atoms with E-state index in [1.165, 1.54) is 6.42 Å². The number of rotatable bonds is 7. The molecule has 0 aromatic rings. The molecule has 1 heterocycles. The lowest BCUT2D eigenvalue weighted by Gasteiger charge is -2.23. The summed E-state index contributed by atoms with van der Waals surface area (Å²) in [5.41, 5.74) is 0. The first kappa shape index (κ1) is 14.5. The van der Waals surface area contributed by atoms with Crippen molar-refractivity contribution in [2.24, 2.45) is 5.92 Å². The van der Waals surface area contributed by atoms with Gasteiger partial charge in [-0.15, -0.1) is 0 Å². The Bertz CT molecular complexity index is 231. The van der Waals surface area contributed by atoms with Crippen LogP contribution in [-0.4, -0.2) is 48.2 Å². The summed E-state index contributed by atoms with van der Waals surface area (Å²) >= 11 is 0. The van der Waals surface area contributed by atoms with Gasteiger partial charge < -0.3 is 10.4 Å². The molecule has 17 heavy (non-hydrogen) atoms. The maximum atomic E-state index is 11.7. The zero-order valence-electron chi connectivity index (χ0n) is 11.1. The minimum absolute atomic E-state index is 0.134. The van der Waals surface area contributed by atoms with E-state index in [9.17, 15) is 4.79 Å². The number of amides is 1. The van der Waals surface area contributed by atoms with Gasteiger partial charge in [0, 0.05) is 19.2 Å². The Labute approximate surface area is 104 Å². The molecule has 0 aromatic heterocycles. The molecule has 0 aliphatic carbocycles. The topological polar surface area (TPSA) is 52.6 Å². The van der Waals surface area contributed by atoms with Crippen LogP contribution in [0.25, 0.3) is 0 Å². The number of hydrogen-bond acceptors (Lipinski definition) is 3. The summed E-state index contributed by atoms with van der Waals surface area (Å²) in [6, 6.07) is 0.493. The molecule has 1 rings (SSSR count). The van der Waals surface area contributed by atoms with Gasteiger partial charge in [0.05, 0.1) is 6.54 Å². The van der Waals surface area contributed by atoms with Crippen LogP contribution in [0.1, 0.15) is 39.5 Å². The van der Waals surface area contributed by atoms with Crippen molar-refractivity contribution in [3.8, 4) is 0 Å². The SMILES string of the molecule is CC(C)CNC(=O)CN1CCCC1CCCO. The molecule has 0 bridgehead atoms.